The van der Waals surface area contributed by atoms with Crippen LogP contribution in [-0.2, 0) is 23.3 Å². The molecule has 0 spiro atoms. The molecule has 0 aromatic rings. The van der Waals surface area contributed by atoms with Gasteiger partial charge in [0.15, 0.2) is 8.38 Å². The molecule has 6 atom stereocenters. The third-order valence-corrected chi connectivity index (χ3v) is 4.56. The van der Waals surface area contributed by atoms with Crippen LogP contribution < -0.4 is 5.32 Å². The van der Waals surface area contributed by atoms with Gasteiger partial charge in [0, 0.05) is 19.7 Å². The zero-order chi connectivity index (χ0) is 17.4. The summed E-state index contributed by atoms with van der Waals surface area (Å²) in [6.45, 7) is 12.8. The van der Waals surface area contributed by atoms with E-state index in [0.717, 1.165) is 0 Å². The molecule has 1 saturated heterocycles. The van der Waals surface area contributed by atoms with Gasteiger partial charge < -0.3 is 28.7 Å². The maximum absolute atomic E-state index is 11.7. The number of hydrogen-bond donors (Lipinski definition) is 1. The van der Waals surface area contributed by atoms with Gasteiger partial charge in [0.2, 0.25) is 12.5 Å². The number of nitrogens with one attached hydrogen (secondary N) is 1. The molecule has 1 heterocycles. The second kappa shape index (κ2) is 10.2. The topological polar surface area (TPSA) is 70.4 Å². The maximum Gasteiger partial charge on any atom is 0.248 e. The van der Waals surface area contributed by atoms with E-state index in [4.69, 9.17) is 32.9 Å². The standard InChI is InChI=1S/C14H24BN2O5P/c1-6-10-11(22-23(5)19-8-7-16-3)12(13(15)21-10)20-9(2)14(18)17-4/h9-13H,6-8H2,1-2,4-5H3,(H,17,18)/t9?,10-,11?,12+,13-,23?/m1/s1. The molecule has 9 heteroatoms. The SMILES string of the molecule is [B][C@@H]1O[C@H](CC)C(OP(C)OCC[N+]#[C-])[C@@H]1OC(C)C(=O)NC. The van der Waals surface area contributed by atoms with Gasteiger partial charge in [-0.05, 0) is 13.3 Å². The van der Waals surface area contributed by atoms with Crippen LogP contribution in [-0.4, -0.2) is 71.0 Å². The number of ether oxygens (including phenoxy) is 2. The van der Waals surface area contributed by atoms with Crippen LogP contribution in [0, 0.1) is 6.57 Å². The van der Waals surface area contributed by atoms with E-state index < -0.39 is 32.7 Å². The molecule has 1 aliphatic heterocycles. The second-order valence-corrected chi connectivity index (χ2v) is 6.48. The summed E-state index contributed by atoms with van der Waals surface area (Å²) < 4.78 is 22.9. The Morgan fingerprint density at radius 2 is 2.22 bits per heavy atom. The Bertz CT molecular complexity index is 422. The van der Waals surface area contributed by atoms with E-state index in [1.165, 1.54) is 0 Å². The van der Waals surface area contributed by atoms with Gasteiger partial charge >= 0.3 is 0 Å². The predicted molar refractivity (Wildman–Crippen MR) is 88.2 cm³/mol. The Hall–Kier alpha value is -0.705. The third kappa shape index (κ3) is 6.02. The van der Waals surface area contributed by atoms with Crippen LogP contribution in [0.3, 0.4) is 0 Å². The highest BCUT2D eigenvalue weighted by atomic mass is 31.2. The quantitative estimate of drug-likeness (QED) is 0.294. The zero-order valence-corrected chi connectivity index (χ0v) is 14.9. The monoisotopic (exact) mass is 342 g/mol. The van der Waals surface area contributed by atoms with E-state index in [-0.39, 0.29) is 12.0 Å². The first-order valence-corrected chi connectivity index (χ1v) is 9.21. The number of nitrogens with zero attached hydrogens (tertiary/aromatic N) is 1. The number of rotatable bonds is 9. The minimum absolute atomic E-state index is 0.221. The van der Waals surface area contributed by atoms with Crippen LogP contribution >= 0.6 is 8.38 Å². The molecule has 3 unspecified atom stereocenters. The first kappa shape index (κ1) is 20.3. The molecule has 0 aromatic heterocycles. The van der Waals surface area contributed by atoms with Gasteiger partial charge in [-0.2, -0.15) is 0 Å². The van der Waals surface area contributed by atoms with Crippen molar-refractivity contribution in [3.05, 3.63) is 11.4 Å². The van der Waals surface area contributed by atoms with Crippen molar-refractivity contribution in [2.75, 3.05) is 26.9 Å². The third-order valence-electron chi connectivity index (χ3n) is 3.47. The summed E-state index contributed by atoms with van der Waals surface area (Å²) >= 11 is 0. The first-order chi connectivity index (χ1) is 10.9. The Labute approximate surface area is 140 Å². The van der Waals surface area contributed by atoms with E-state index in [1.54, 1.807) is 14.0 Å². The molecule has 7 nitrogen and oxygen atoms in total. The van der Waals surface area contributed by atoms with Crippen molar-refractivity contribution in [1.29, 1.82) is 0 Å². The molecule has 1 N–H and O–H groups in total. The minimum Gasteiger partial charge on any atom is -0.379 e. The summed E-state index contributed by atoms with van der Waals surface area (Å²) in [4.78, 5) is 14.9. The lowest BCUT2D eigenvalue weighted by atomic mass is 9.92. The van der Waals surface area contributed by atoms with E-state index in [2.05, 4.69) is 10.2 Å². The van der Waals surface area contributed by atoms with Gasteiger partial charge in [-0.15, -0.1) is 0 Å². The molecule has 1 rings (SSSR count). The molecule has 128 valence electrons. The predicted octanol–water partition coefficient (Wildman–Crippen LogP) is 1.07. The van der Waals surface area contributed by atoms with E-state index in [9.17, 15) is 4.79 Å². The average Bonchev–Trinajstić information content (AvgIpc) is 2.82. The van der Waals surface area contributed by atoms with Crippen molar-refractivity contribution in [2.24, 2.45) is 0 Å². The van der Waals surface area contributed by atoms with Crippen LogP contribution in [0.2, 0.25) is 0 Å². The number of carbonyl (C=O) groups is 1. The summed E-state index contributed by atoms with van der Waals surface area (Å²) in [7, 11) is 6.35. The summed E-state index contributed by atoms with van der Waals surface area (Å²) in [6, 6.07) is -0.663. The van der Waals surface area contributed by atoms with Crippen molar-refractivity contribution in [3.63, 3.8) is 0 Å². The Morgan fingerprint density at radius 1 is 1.52 bits per heavy atom. The largest absolute Gasteiger partial charge is 0.379 e. The van der Waals surface area contributed by atoms with Gasteiger partial charge in [-0.3, -0.25) is 4.79 Å². The molecule has 1 fully saturated rings. The number of hydrogen-bond acceptors (Lipinski definition) is 5. The highest BCUT2D eigenvalue weighted by Crippen LogP contribution is 2.41. The fourth-order valence-electron chi connectivity index (χ4n) is 2.28. The van der Waals surface area contributed by atoms with Crippen molar-refractivity contribution in [1.82, 2.24) is 5.32 Å². The van der Waals surface area contributed by atoms with E-state index in [0.29, 0.717) is 19.6 Å². The Morgan fingerprint density at radius 3 is 2.78 bits per heavy atom. The molecular weight excluding hydrogens is 318 g/mol. The molecule has 2 radical (unpaired) electrons. The average molecular weight is 342 g/mol. The van der Waals surface area contributed by atoms with Crippen molar-refractivity contribution >= 4 is 22.1 Å². The van der Waals surface area contributed by atoms with Crippen molar-refractivity contribution in [3.8, 4) is 0 Å². The second-order valence-electron chi connectivity index (χ2n) is 5.13. The van der Waals surface area contributed by atoms with Gasteiger partial charge in [0.05, 0.1) is 6.10 Å². The van der Waals surface area contributed by atoms with Crippen LogP contribution in [0.5, 0.6) is 0 Å². The Balaban J connectivity index is 2.68. The lowest BCUT2D eigenvalue weighted by Gasteiger charge is -2.28. The van der Waals surface area contributed by atoms with E-state index >= 15 is 0 Å². The van der Waals surface area contributed by atoms with Crippen LogP contribution in [0.1, 0.15) is 20.3 Å². The molecular formula is C14H24BN2O5P. The highest BCUT2D eigenvalue weighted by Gasteiger charge is 2.45. The van der Waals surface area contributed by atoms with Gasteiger partial charge in [-0.1, -0.05) is 6.92 Å². The lowest BCUT2D eigenvalue weighted by Crippen LogP contribution is -2.43. The summed E-state index contributed by atoms with van der Waals surface area (Å²) in [6.07, 6.45) is -1.14. The molecule has 1 amide bonds. The van der Waals surface area contributed by atoms with Crippen LogP contribution in [0.15, 0.2) is 0 Å². The van der Waals surface area contributed by atoms with Crippen LogP contribution in [0.25, 0.3) is 4.85 Å². The molecule has 0 saturated carbocycles. The number of likely N-dealkylation sites (N-methyl/N-ethyl adjacent to an activating group) is 1. The minimum atomic E-state index is -1.18. The molecule has 1 aliphatic rings. The first-order valence-electron chi connectivity index (χ1n) is 7.59. The van der Waals surface area contributed by atoms with Gasteiger partial charge in [0.1, 0.15) is 32.8 Å². The van der Waals surface area contributed by atoms with Crippen molar-refractivity contribution < 1.29 is 23.3 Å². The zero-order valence-electron chi connectivity index (χ0n) is 14.0. The molecule has 0 aliphatic carbocycles. The molecule has 0 aromatic carbocycles. The summed E-state index contributed by atoms with van der Waals surface area (Å²) in [5, 5.41) is 2.53. The fourth-order valence-corrected chi connectivity index (χ4v) is 3.28. The van der Waals surface area contributed by atoms with Gasteiger partial charge in [-0.25, -0.2) is 6.57 Å². The number of carbonyl (C=O) groups excluding carboxylic acids is 1. The van der Waals surface area contributed by atoms with Crippen LogP contribution in [0.4, 0.5) is 0 Å². The van der Waals surface area contributed by atoms with Gasteiger partial charge in [0.25, 0.3) is 0 Å². The molecule has 23 heavy (non-hydrogen) atoms. The Kier molecular flexibility index (Phi) is 9.04. The molecule has 0 bridgehead atoms. The number of amides is 1. The highest BCUT2D eigenvalue weighted by molar-refractivity contribution is 7.46. The van der Waals surface area contributed by atoms with Crippen molar-refractivity contribution in [2.45, 2.75) is 50.7 Å². The maximum atomic E-state index is 11.7. The normalized spacial score (nSPS) is 29.7. The smallest absolute Gasteiger partial charge is 0.248 e. The lowest BCUT2D eigenvalue weighted by molar-refractivity contribution is -0.138. The summed E-state index contributed by atoms with van der Waals surface area (Å²) in [5.74, 6) is -0.233. The summed E-state index contributed by atoms with van der Waals surface area (Å²) in [5.41, 5.74) is 0. The van der Waals surface area contributed by atoms with E-state index in [1.807, 2.05) is 13.6 Å². The fraction of sp³-hybridized carbons (Fsp3) is 0.857.